The predicted molar refractivity (Wildman–Crippen MR) is 147 cm³/mol. The van der Waals surface area contributed by atoms with E-state index in [0.717, 1.165) is 48.3 Å². The fraction of sp³-hybridized carbons (Fsp3) is 0.276. The van der Waals surface area contributed by atoms with Gasteiger partial charge in [-0.2, -0.15) is 4.58 Å². The van der Waals surface area contributed by atoms with Crippen LogP contribution in [-0.4, -0.2) is 30.4 Å². The Morgan fingerprint density at radius 2 is 1.50 bits per heavy atom. The number of halogens is 2. The first-order valence-corrected chi connectivity index (χ1v) is 12.7. The number of hydrogen-bond acceptors (Lipinski definition) is 2. The van der Waals surface area contributed by atoms with Crippen molar-refractivity contribution in [2.45, 2.75) is 33.7 Å². The van der Waals surface area contributed by atoms with E-state index in [-0.39, 0.29) is 0 Å². The first kappa shape index (κ1) is 24.4. The summed E-state index contributed by atoms with van der Waals surface area (Å²) in [6, 6.07) is 22.9. The van der Waals surface area contributed by atoms with Crippen molar-refractivity contribution >= 4 is 46.5 Å². The average molecular weight is 494 g/mol. The Balaban J connectivity index is 1.60. The molecule has 0 amide bonds. The van der Waals surface area contributed by atoms with Crippen molar-refractivity contribution in [3.8, 4) is 0 Å². The molecule has 3 nitrogen and oxygen atoms in total. The van der Waals surface area contributed by atoms with Crippen molar-refractivity contribution in [1.82, 2.24) is 0 Å². The lowest BCUT2D eigenvalue weighted by Crippen LogP contribution is -2.23. The van der Waals surface area contributed by atoms with Gasteiger partial charge in [0.2, 0.25) is 5.69 Å². The molecule has 0 unspecified atom stereocenters. The lowest BCUT2D eigenvalue weighted by atomic mass is 10.1. The third kappa shape index (κ3) is 5.84. The van der Waals surface area contributed by atoms with Crippen molar-refractivity contribution in [3.63, 3.8) is 0 Å². The average Bonchev–Trinajstić information content (AvgIpc) is 3.30. The van der Waals surface area contributed by atoms with Gasteiger partial charge in [-0.1, -0.05) is 34.8 Å². The summed E-state index contributed by atoms with van der Waals surface area (Å²) in [6.45, 7) is 10.2. The van der Waals surface area contributed by atoms with E-state index in [4.69, 9.17) is 23.2 Å². The minimum atomic E-state index is 0.762. The molecule has 0 N–H and O–H groups in total. The third-order valence-corrected chi connectivity index (χ3v) is 6.77. The monoisotopic (exact) mass is 492 g/mol. The second-order valence-corrected chi connectivity index (χ2v) is 9.53. The number of rotatable bonds is 8. The van der Waals surface area contributed by atoms with Gasteiger partial charge in [-0.3, -0.25) is 0 Å². The maximum absolute atomic E-state index is 6.11. The molecular weight excluding hydrogens is 461 g/mol. The smallest absolute Gasteiger partial charge is 0.210 e. The van der Waals surface area contributed by atoms with Crippen molar-refractivity contribution < 1.29 is 4.58 Å². The van der Waals surface area contributed by atoms with Crippen molar-refractivity contribution in [2.75, 3.05) is 29.4 Å². The van der Waals surface area contributed by atoms with Crippen LogP contribution in [0.25, 0.3) is 0 Å². The number of anilines is 2. The molecule has 0 saturated heterocycles. The SMILES string of the molecule is CCN(/C=C1/C=[N+](c2ccc(C)cc2CN(CC)c2ccc(Cl)cc2)CC1)c1ccc(Cl)cc1. The van der Waals surface area contributed by atoms with Crippen molar-refractivity contribution in [3.05, 3.63) is 99.7 Å². The molecule has 1 aliphatic heterocycles. The Bertz CT molecular complexity index is 1180. The second-order valence-electron chi connectivity index (χ2n) is 8.66. The molecule has 1 aliphatic rings. The molecule has 5 heteroatoms. The molecule has 1 heterocycles. The summed E-state index contributed by atoms with van der Waals surface area (Å²) >= 11 is 12.2. The van der Waals surface area contributed by atoms with E-state index in [1.54, 1.807) is 0 Å². The molecular formula is C29H32Cl2N3+. The zero-order valence-electron chi connectivity index (χ0n) is 20.1. The Kier molecular flexibility index (Phi) is 7.97. The molecule has 0 spiro atoms. The number of hydrogen-bond donors (Lipinski definition) is 0. The van der Waals surface area contributed by atoms with E-state index in [1.807, 2.05) is 24.3 Å². The van der Waals surface area contributed by atoms with Gasteiger partial charge in [-0.25, -0.2) is 0 Å². The van der Waals surface area contributed by atoms with Gasteiger partial charge in [0, 0.05) is 70.9 Å². The van der Waals surface area contributed by atoms with E-state index < -0.39 is 0 Å². The summed E-state index contributed by atoms with van der Waals surface area (Å²) in [5.74, 6) is 0. The maximum Gasteiger partial charge on any atom is 0.210 e. The second kappa shape index (κ2) is 11.1. The normalized spacial score (nSPS) is 14.4. The topological polar surface area (TPSA) is 9.49 Å². The molecule has 3 aromatic rings. The molecule has 0 aliphatic carbocycles. The molecule has 0 bridgehead atoms. The van der Waals surface area contributed by atoms with Crippen LogP contribution in [0, 0.1) is 6.92 Å². The van der Waals surface area contributed by atoms with Crippen LogP contribution in [0.3, 0.4) is 0 Å². The fourth-order valence-electron chi connectivity index (χ4n) is 4.41. The Hall–Kier alpha value is -2.75. The number of aryl methyl sites for hydroxylation is 1. The highest BCUT2D eigenvalue weighted by molar-refractivity contribution is 6.30. The van der Waals surface area contributed by atoms with E-state index in [9.17, 15) is 0 Å². The molecule has 0 saturated carbocycles. The fourth-order valence-corrected chi connectivity index (χ4v) is 4.66. The van der Waals surface area contributed by atoms with Crippen LogP contribution in [0.2, 0.25) is 10.0 Å². The Morgan fingerprint density at radius 3 is 2.12 bits per heavy atom. The highest BCUT2D eigenvalue weighted by Gasteiger charge is 2.23. The summed E-state index contributed by atoms with van der Waals surface area (Å²) in [5, 5.41) is 1.53. The van der Waals surface area contributed by atoms with Crippen LogP contribution >= 0.6 is 23.2 Å². The van der Waals surface area contributed by atoms with Gasteiger partial charge in [0.25, 0.3) is 0 Å². The number of nitrogens with zero attached hydrogens (tertiary/aromatic N) is 3. The van der Waals surface area contributed by atoms with Gasteiger partial charge in [-0.05, 0) is 75.4 Å². The molecule has 4 rings (SSSR count). The molecule has 0 radical (unpaired) electrons. The summed E-state index contributed by atoms with van der Waals surface area (Å²) in [7, 11) is 0. The van der Waals surface area contributed by atoms with Crippen LogP contribution in [0.4, 0.5) is 17.1 Å². The summed E-state index contributed by atoms with van der Waals surface area (Å²) < 4.78 is 2.39. The third-order valence-electron chi connectivity index (χ3n) is 6.26. The minimum absolute atomic E-state index is 0.762. The van der Waals surface area contributed by atoms with E-state index in [0.29, 0.717) is 0 Å². The van der Waals surface area contributed by atoms with E-state index >= 15 is 0 Å². The van der Waals surface area contributed by atoms with Gasteiger partial charge in [-0.15, -0.1) is 0 Å². The van der Waals surface area contributed by atoms with Gasteiger partial charge < -0.3 is 9.80 Å². The molecule has 176 valence electrons. The molecule has 0 atom stereocenters. The van der Waals surface area contributed by atoms with Crippen LogP contribution in [0.1, 0.15) is 31.4 Å². The van der Waals surface area contributed by atoms with E-state index in [2.05, 4.69) is 90.0 Å². The van der Waals surface area contributed by atoms with Gasteiger partial charge in [0.1, 0.15) is 0 Å². The van der Waals surface area contributed by atoms with Gasteiger partial charge >= 0.3 is 0 Å². The van der Waals surface area contributed by atoms with E-state index in [1.165, 1.54) is 28.1 Å². The highest BCUT2D eigenvalue weighted by atomic mass is 35.5. The Morgan fingerprint density at radius 1 is 0.853 bits per heavy atom. The zero-order chi connectivity index (χ0) is 24.1. The first-order chi connectivity index (χ1) is 16.5. The zero-order valence-corrected chi connectivity index (χ0v) is 21.7. The number of benzene rings is 3. The summed E-state index contributed by atoms with van der Waals surface area (Å²) in [5.41, 5.74) is 7.56. The first-order valence-electron chi connectivity index (χ1n) is 11.9. The van der Waals surface area contributed by atoms with Gasteiger partial charge in [0.05, 0.1) is 0 Å². The predicted octanol–water partition coefficient (Wildman–Crippen LogP) is 7.86. The molecule has 3 aromatic carbocycles. The van der Waals surface area contributed by atoms with Crippen molar-refractivity contribution in [2.24, 2.45) is 0 Å². The lowest BCUT2D eigenvalue weighted by Gasteiger charge is -2.24. The highest BCUT2D eigenvalue weighted by Crippen LogP contribution is 2.28. The van der Waals surface area contributed by atoms with Crippen LogP contribution in [0.15, 0.2) is 78.5 Å². The molecule has 0 aromatic heterocycles. The quantitative estimate of drug-likeness (QED) is 0.296. The molecule has 34 heavy (non-hydrogen) atoms. The Labute approximate surface area is 213 Å². The molecule has 0 fully saturated rings. The maximum atomic E-state index is 6.11. The van der Waals surface area contributed by atoms with Crippen molar-refractivity contribution in [1.29, 1.82) is 0 Å². The standard InChI is InChI=1S/C29H32Cl2N3/c1-4-32(27-11-7-25(30)8-12-27)19-23-16-17-34(20-23)29-15-6-22(3)18-24(29)21-33(5-2)28-13-9-26(31)10-14-28/h6-15,18-20H,4-5,16-17,21H2,1-3H3/q+1. The van der Waals surface area contributed by atoms with Crippen LogP contribution in [0.5, 0.6) is 0 Å². The van der Waals surface area contributed by atoms with Crippen LogP contribution in [-0.2, 0) is 6.54 Å². The van der Waals surface area contributed by atoms with Crippen LogP contribution < -0.4 is 9.80 Å². The summed E-state index contributed by atoms with van der Waals surface area (Å²) in [4.78, 5) is 4.67. The lowest BCUT2D eigenvalue weighted by molar-refractivity contribution is -0.427. The minimum Gasteiger partial charge on any atom is -0.367 e. The summed E-state index contributed by atoms with van der Waals surface area (Å²) in [6.07, 6.45) is 5.58. The van der Waals surface area contributed by atoms with Gasteiger partial charge in [0.15, 0.2) is 12.8 Å². The largest absolute Gasteiger partial charge is 0.367 e.